The van der Waals surface area contributed by atoms with Crippen LogP contribution in [0.2, 0.25) is 5.02 Å². The molecule has 0 saturated heterocycles. The summed E-state index contributed by atoms with van der Waals surface area (Å²) in [6, 6.07) is 25.8. The highest BCUT2D eigenvalue weighted by atomic mass is 35.5. The minimum absolute atomic E-state index is 0.0187. The van der Waals surface area contributed by atoms with Gasteiger partial charge in [-0.25, -0.2) is 9.67 Å². The van der Waals surface area contributed by atoms with Crippen molar-refractivity contribution in [3.05, 3.63) is 106 Å². The number of hydrogen-bond acceptors (Lipinski definition) is 4. The van der Waals surface area contributed by atoms with Crippen LogP contribution in [-0.4, -0.2) is 19.7 Å². The third-order valence-electron chi connectivity index (χ3n) is 5.32. The second kappa shape index (κ2) is 7.90. The van der Waals surface area contributed by atoms with E-state index < -0.39 is 4.92 Å². The molecule has 0 N–H and O–H groups in total. The molecule has 0 aliphatic rings. The van der Waals surface area contributed by atoms with E-state index in [0.717, 1.165) is 27.9 Å². The number of aryl methyl sites for hydroxylation is 1. The molecule has 2 heterocycles. The quantitative estimate of drug-likeness (QED) is 0.232. The Labute approximate surface area is 188 Å². The summed E-state index contributed by atoms with van der Waals surface area (Å²) >= 11 is 6.11. The summed E-state index contributed by atoms with van der Waals surface area (Å²) in [5.74, 6) is 0. The van der Waals surface area contributed by atoms with Gasteiger partial charge in [0.05, 0.1) is 27.4 Å². The molecule has 0 bridgehead atoms. The molecule has 0 spiro atoms. The third kappa shape index (κ3) is 3.50. The molecular formula is C25H17ClN4O2. The summed E-state index contributed by atoms with van der Waals surface area (Å²) < 4.78 is 1.81. The number of hydrogen-bond donors (Lipinski definition) is 0. The fraction of sp³-hybridized carbons (Fsp3) is 0.0400. The fourth-order valence-electron chi connectivity index (χ4n) is 3.82. The second-order valence-electron chi connectivity index (χ2n) is 7.40. The molecule has 0 aliphatic carbocycles. The van der Waals surface area contributed by atoms with Crippen LogP contribution in [0.5, 0.6) is 0 Å². The summed E-state index contributed by atoms with van der Waals surface area (Å²) in [7, 11) is 0. The van der Waals surface area contributed by atoms with Crippen molar-refractivity contribution < 1.29 is 4.92 Å². The molecule has 5 aromatic rings. The molecule has 7 heteroatoms. The van der Waals surface area contributed by atoms with Crippen LogP contribution in [-0.2, 0) is 0 Å². The molecule has 0 aliphatic heterocycles. The third-order valence-corrected chi connectivity index (χ3v) is 5.57. The van der Waals surface area contributed by atoms with Crippen molar-refractivity contribution in [1.29, 1.82) is 0 Å². The molecule has 0 saturated carbocycles. The Hall–Kier alpha value is -4.03. The maximum absolute atomic E-state index is 11.3. The Morgan fingerprint density at radius 2 is 1.66 bits per heavy atom. The number of nitrogens with zero attached hydrogens (tertiary/aromatic N) is 4. The number of benzene rings is 3. The van der Waals surface area contributed by atoms with Crippen LogP contribution in [0.15, 0.2) is 84.9 Å². The Morgan fingerprint density at radius 1 is 0.906 bits per heavy atom. The first-order chi connectivity index (χ1) is 15.5. The Balaban J connectivity index is 1.83. The van der Waals surface area contributed by atoms with E-state index >= 15 is 0 Å². The molecule has 0 amide bonds. The van der Waals surface area contributed by atoms with Crippen molar-refractivity contribution in [2.24, 2.45) is 0 Å². The van der Waals surface area contributed by atoms with Gasteiger partial charge >= 0.3 is 0 Å². The molecule has 0 radical (unpaired) electrons. The monoisotopic (exact) mass is 440 g/mol. The number of nitro groups is 1. The van der Waals surface area contributed by atoms with Crippen molar-refractivity contribution in [2.75, 3.05) is 0 Å². The van der Waals surface area contributed by atoms with E-state index in [1.54, 1.807) is 6.07 Å². The van der Waals surface area contributed by atoms with Gasteiger partial charge < -0.3 is 0 Å². The molecule has 32 heavy (non-hydrogen) atoms. The molecule has 156 valence electrons. The second-order valence-corrected chi connectivity index (χ2v) is 7.84. The van der Waals surface area contributed by atoms with E-state index in [-0.39, 0.29) is 5.69 Å². The molecule has 5 rings (SSSR count). The van der Waals surface area contributed by atoms with Crippen molar-refractivity contribution in [3.8, 4) is 28.1 Å². The fourth-order valence-corrected chi connectivity index (χ4v) is 3.95. The number of non-ortho nitro benzene ring substituents is 1. The molecule has 0 atom stereocenters. The number of aromatic nitrogens is 3. The van der Waals surface area contributed by atoms with Crippen LogP contribution in [0.1, 0.15) is 5.69 Å². The summed E-state index contributed by atoms with van der Waals surface area (Å²) in [5.41, 5.74) is 5.62. The van der Waals surface area contributed by atoms with E-state index in [4.69, 9.17) is 21.7 Å². The van der Waals surface area contributed by atoms with E-state index in [2.05, 4.69) is 0 Å². The number of fused-ring (bicyclic) bond motifs is 1. The lowest BCUT2D eigenvalue weighted by Crippen LogP contribution is -1.99. The highest BCUT2D eigenvalue weighted by molar-refractivity contribution is 6.30. The number of nitro benzene ring substituents is 1. The van der Waals surface area contributed by atoms with Crippen LogP contribution >= 0.6 is 11.6 Å². The molecule has 3 aromatic carbocycles. The molecule has 6 nitrogen and oxygen atoms in total. The highest BCUT2D eigenvalue weighted by Crippen LogP contribution is 2.36. The van der Waals surface area contributed by atoms with Gasteiger partial charge in [0.25, 0.3) is 5.69 Å². The van der Waals surface area contributed by atoms with Gasteiger partial charge in [-0.05, 0) is 48.4 Å². The molecule has 2 aromatic heterocycles. The molecule has 0 fully saturated rings. The van der Waals surface area contributed by atoms with Gasteiger partial charge in [0.2, 0.25) is 0 Å². The molecular weight excluding hydrogens is 424 g/mol. The average molecular weight is 441 g/mol. The zero-order chi connectivity index (χ0) is 22.2. The predicted molar refractivity (Wildman–Crippen MR) is 126 cm³/mol. The average Bonchev–Trinajstić information content (AvgIpc) is 3.16. The minimum Gasteiger partial charge on any atom is -0.258 e. The van der Waals surface area contributed by atoms with Crippen LogP contribution < -0.4 is 0 Å². The van der Waals surface area contributed by atoms with Crippen LogP contribution in [0, 0.1) is 17.0 Å². The summed E-state index contributed by atoms with van der Waals surface area (Å²) in [6.07, 6.45) is 0. The van der Waals surface area contributed by atoms with Crippen molar-refractivity contribution in [1.82, 2.24) is 14.8 Å². The Bertz CT molecular complexity index is 1460. The predicted octanol–water partition coefficient (Wildman–Crippen LogP) is 6.62. The van der Waals surface area contributed by atoms with Gasteiger partial charge in [-0.2, -0.15) is 5.10 Å². The normalized spacial score (nSPS) is 11.1. The summed E-state index contributed by atoms with van der Waals surface area (Å²) in [5, 5.41) is 17.7. The first-order valence-corrected chi connectivity index (χ1v) is 10.4. The smallest absolute Gasteiger partial charge is 0.258 e. The van der Waals surface area contributed by atoms with E-state index in [9.17, 15) is 10.1 Å². The van der Waals surface area contributed by atoms with E-state index in [1.807, 2.05) is 78.3 Å². The van der Waals surface area contributed by atoms with Gasteiger partial charge in [-0.15, -0.1) is 0 Å². The Kier molecular flexibility index (Phi) is 4.92. The summed E-state index contributed by atoms with van der Waals surface area (Å²) in [6.45, 7) is 1.95. The summed E-state index contributed by atoms with van der Waals surface area (Å²) in [4.78, 5) is 15.8. The zero-order valence-corrected chi connectivity index (χ0v) is 17.8. The van der Waals surface area contributed by atoms with Crippen LogP contribution in [0.4, 0.5) is 5.69 Å². The van der Waals surface area contributed by atoms with Gasteiger partial charge in [-0.3, -0.25) is 10.1 Å². The van der Waals surface area contributed by atoms with Crippen molar-refractivity contribution in [2.45, 2.75) is 6.92 Å². The first kappa shape index (κ1) is 19.9. The lowest BCUT2D eigenvalue weighted by atomic mass is 9.99. The van der Waals surface area contributed by atoms with Gasteiger partial charge in [-0.1, -0.05) is 54.1 Å². The zero-order valence-electron chi connectivity index (χ0n) is 17.1. The number of halogens is 1. The van der Waals surface area contributed by atoms with Crippen LogP contribution in [0.25, 0.3) is 39.1 Å². The van der Waals surface area contributed by atoms with Gasteiger partial charge in [0, 0.05) is 22.7 Å². The van der Waals surface area contributed by atoms with Crippen LogP contribution in [0.3, 0.4) is 0 Å². The number of pyridine rings is 1. The number of rotatable bonds is 4. The standard InChI is InChI=1S/C25H17ClN4O2/c1-16-24-22(17-10-12-19(26)13-11-17)15-23(18-6-5-9-21(14-18)30(31)32)27-25(24)29(28-16)20-7-3-2-4-8-20/h2-15H,1H3. The lowest BCUT2D eigenvalue weighted by Gasteiger charge is -2.10. The van der Waals surface area contributed by atoms with E-state index in [1.165, 1.54) is 12.1 Å². The Morgan fingerprint density at radius 3 is 2.38 bits per heavy atom. The highest BCUT2D eigenvalue weighted by Gasteiger charge is 2.19. The maximum atomic E-state index is 11.3. The van der Waals surface area contributed by atoms with Gasteiger partial charge in [0.1, 0.15) is 0 Å². The van der Waals surface area contributed by atoms with E-state index in [0.29, 0.717) is 21.9 Å². The van der Waals surface area contributed by atoms with Crippen molar-refractivity contribution in [3.63, 3.8) is 0 Å². The molecule has 0 unspecified atom stereocenters. The maximum Gasteiger partial charge on any atom is 0.270 e. The topological polar surface area (TPSA) is 73.8 Å². The first-order valence-electron chi connectivity index (χ1n) is 9.98. The van der Waals surface area contributed by atoms with Gasteiger partial charge in [0.15, 0.2) is 5.65 Å². The minimum atomic E-state index is -0.402. The largest absolute Gasteiger partial charge is 0.270 e. The lowest BCUT2D eigenvalue weighted by molar-refractivity contribution is -0.384. The SMILES string of the molecule is Cc1nn(-c2ccccc2)c2nc(-c3cccc([N+](=O)[O-])c3)cc(-c3ccc(Cl)cc3)c12. The number of para-hydroxylation sites is 1. The van der Waals surface area contributed by atoms with Crippen molar-refractivity contribution >= 4 is 28.3 Å².